The predicted molar refractivity (Wildman–Crippen MR) is 67.4 cm³/mol. The van der Waals surface area contributed by atoms with E-state index in [4.69, 9.17) is 15.1 Å². The normalized spacial score (nSPS) is 15.9. The van der Waals surface area contributed by atoms with E-state index in [1.54, 1.807) is 6.07 Å². The molecule has 9 heteroatoms. The maximum atomic E-state index is 11.3. The lowest BCUT2D eigenvalue weighted by atomic mass is 9.70. The van der Waals surface area contributed by atoms with Crippen molar-refractivity contribution in [2.24, 2.45) is 5.73 Å². The van der Waals surface area contributed by atoms with Crippen LogP contribution in [0.5, 0.6) is 11.5 Å². The number of carboxylic acids is 1. The maximum absolute atomic E-state index is 11.3. The summed E-state index contributed by atoms with van der Waals surface area (Å²) in [5.41, 5.74) is 5.09. The van der Waals surface area contributed by atoms with Gasteiger partial charge >= 0.3 is 12.7 Å². The van der Waals surface area contributed by atoms with Gasteiger partial charge in [-0.05, 0) is 18.1 Å². The lowest BCUT2D eigenvalue weighted by Crippen LogP contribution is -2.45. The molecule has 0 unspecified atom stereocenters. The first-order chi connectivity index (χ1) is 9.30. The first-order valence-corrected chi connectivity index (χ1v) is 5.90. The molecular formula is C11H13BNO7-. The van der Waals surface area contributed by atoms with Gasteiger partial charge in [-0.2, -0.15) is 0 Å². The smallest absolute Gasteiger partial charge is 0.430 e. The largest absolute Gasteiger partial charge is 0.669 e. The third-order valence-corrected chi connectivity index (χ3v) is 2.88. The Morgan fingerprint density at radius 1 is 1.40 bits per heavy atom. The number of hydrogen-bond acceptors (Lipinski definition) is 6. The van der Waals surface area contributed by atoms with E-state index < -0.39 is 25.2 Å². The van der Waals surface area contributed by atoms with Gasteiger partial charge in [0.15, 0.2) is 6.61 Å². The molecule has 0 saturated heterocycles. The van der Waals surface area contributed by atoms with Crippen LogP contribution in [-0.2, 0) is 11.2 Å². The van der Waals surface area contributed by atoms with Gasteiger partial charge in [0.1, 0.15) is 11.3 Å². The number of hydrogen-bond donors (Lipinski definition) is 4. The van der Waals surface area contributed by atoms with Crippen molar-refractivity contribution in [2.45, 2.75) is 12.7 Å². The summed E-state index contributed by atoms with van der Waals surface area (Å²) in [6.07, 6.45) is 0.242. The second-order valence-electron chi connectivity index (χ2n) is 4.50. The molecule has 0 aromatic heterocycles. The predicted octanol–water partition coefficient (Wildman–Crippen LogP) is -0.893. The van der Waals surface area contributed by atoms with Crippen molar-refractivity contribution < 1.29 is 34.1 Å². The highest BCUT2D eigenvalue weighted by Crippen LogP contribution is 2.38. The Bertz CT molecular complexity index is 572. The number of aromatic carboxylic acids is 1. The summed E-state index contributed by atoms with van der Waals surface area (Å²) in [5.74, 6) is -2.41. The quantitative estimate of drug-likeness (QED) is 0.525. The molecule has 0 bridgehead atoms. The standard InChI is InChI=1S/C11H13BNO7/c13-8(14)5-19-7-2-1-6-3-4-12(17,18)20-10(6)9(7)11(15)16/h1-2,17-18H,3-5H2,(H2,13,14)(H,15,16)/q-1. The fourth-order valence-electron chi connectivity index (χ4n) is 2.00. The maximum Gasteiger partial charge on any atom is 0.430 e. The van der Waals surface area contributed by atoms with Gasteiger partial charge in [-0.3, -0.25) is 4.79 Å². The summed E-state index contributed by atoms with van der Waals surface area (Å²) in [5, 5.41) is 28.3. The van der Waals surface area contributed by atoms with Crippen LogP contribution in [0.3, 0.4) is 0 Å². The molecule has 0 radical (unpaired) electrons. The summed E-state index contributed by atoms with van der Waals surface area (Å²) in [6.45, 7) is -3.58. The average molecular weight is 282 g/mol. The van der Waals surface area contributed by atoms with Crippen LogP contribution in [0.2, 0.25) is 6.32 Å². The van der Waals surface area contributed by atoms with Crippen molar-refractivity contribution >= 4 is 18.6 Å². The van der Waals surface area contributed by atoms with Crippen LogP contribution in [0, 0.1) is 0 Å². The van der Waals surface area contributed by atoms with Crippen LogP contribution in [0.25, 0.3) is 0 Å². The van der Waals surface area contributed by atoms with E-state index in [0.717, 1.165) is 0 Å². The van der Waals surface area contributed by atoms with E-state index in [0.29, 0.717) is 5.56 Å². The number of benzene rings is 1. The molecule has 0 aliphatic carbocycles. The molecule has 1 aromatic carbocycles. The van der Waals surface area contributed by atoms with Gasteiger partial charge in [-0.25, -0.2) is 4.79 Å². The van der Waals surface area contributed by atoms with E-state index in [9.17, 15) is 24.7 Å². The highest BCUT2D eigenvalue weighted by molar-refractivity contribution is 6.59. The van der Waals surface area contributed by atoms with Gasteiger partial charge in [-0.1, -0.05) is 12.4 Å². The first kappa shape index (κ1) is 14.2. The van der Waals surface area contributed by atoms with Crippen molar-refractivity contribution in [1.82, 2.24) is 0 Å². The third kappa shape index (κ3) is 2.84. The molecule has 108 valence electrons. The molecule has 5 N–H and O–H groups in total. The van der Waals surface area contributed by atoms with E-state index in [1.807, 2.05) is 0 Å². The minimum atomic E-state index is -3.09. The molecule has 20 heavy (non-hydrogen) atoms. The van der Waals surface area contributed by atoms with Crippen LogP contribution in [0.4, 0.5) is 0 Å². The minimum absolute atomic E-state index is 0.0203. The second kappa shape index (κ2) is 5.02. The number of carboxylic acid groups (broad SMARTS) is 1. The van der Waals surface area contributed by atoms with Crippen molar-refractivity contribution in [3.05, 3.63) is 23.3 Å². The summed E-state index contributed by atoms with van der Waals surface area (Å²) >= 11 is 0. The number of nitrogens with two attached hydrogens (primary N) is 1. The summed E-state index contributed by atoms with van der Waals surface area (Å²) in [7, 11) is 0. The highest BCUT2D eigenvalue weighted by atomic mass is 16.6. The van der Waals surface area contributed by atoms with Crippen molar-refractivity contribution in [3.63, 3.8) is 0 Å². The number of primary amides is 1. The number of rotatable bonds is 4. The molecule has 2 rings (SSSR count). The molecule has 0 atom stereocenters. The number of fused-ring (bicyclic) bond motifs is 1. The molecule has 1 heterocycles. The Kier molecular flexibility index (Phi) is 3.56. The first-order valence-electron chi connectivity index (χ1n) is 5.90. The third-order valence-electron chi connectivity index (χ3n) is 2.88. The molecular weight excluding hydrogens is 269 g/mol. The lowest BCUT2D eigenvalue weighted by molar-refractivity contribution is -0.119. The zero-order chi connectivity index (χ0) is 14.9. The van der Waals surface area contributed by atoms with Crippen LogP contribution in [0.15, 0.2) is 12.1 Å². The molecule has 0 fully saturated rings. The molecule has 0 spiro atoms. The minimum Gasteiger partial charge on any atom is -0.669 e. The summed E-state index contributed by atoms with van der Waals surface area (Å²) in [6, 6.07) is 2.92. The molecule has 0 saturated carbocycles. The van der Waals surface area contributed by atoms with Crippen LogP contribution < -0.4 is 15.1 Å². The fourth-order valence-corrected chi connectivity index (χ4v) is 2.00. The van der Waals surface area contributed by atoms with Gasteiger partial charge < -0.3 is 30.3 Å². The second-order valence-corrected chi connectivity index (χ2v) is 4.50. The Labute approximate surface area is 113 Å². The van der Waals surface area contributed by atoms with E-state index in [1.165, 1.54) is 6.07 Å². The molecule has 1 amide bonds. The van der Waals surface area contributed by atoms with E-state index in [-0.39, 0.29) is 29.8 Å². The lowest BCUT2D eigenvalue weighted by Gasteiger charge is -2.37. The topological polar surface area (TPSA) is 139 Å². The SMILES string of the molecule is NC(=O)COc1ccc2c(c1C(=O)O)O[B-](O)(O)CC2. The van der Waals surface area contributed by atoms with Crippen molar-refractivity contribution in [1.29, 1.82) is 0 Å². The Balaban J connectivity index is 2.45. The van der Waals surface area contributed by atoms with Gasteiger partial charge in [0.05, 0.1) is 5.75 Å². The Morgan fingerprint density at radius 3 is 2.70 bits per heavy atom. The summed E-state index contributed by atoms with van der Waals surface area (Å²) < 4.78 is 9.96. The fraction of sp³-hybridized carbons (Fsp3) is 0.273. The number of amides is 1. The highest BCUT2D eigenvalue weighted by Gasteiger charge is 2.32. The van der Waals surface area contributed by atoms with Crippen LogP contribution in [-0.4, -0.2) is 40.4 Å². The number of ether oxygens (including phenoxy) is 1. The summed E-state index contributed by atoms with van der Waals surface area (Å²) in [4.78, 5) is 22.0. The zero-order valence-corrected chi connectivity index (χ0v) is 10.4. The molecule has 1 aromatic rings. The molecule has 1 aliphatic heterocycles. The number of carbonyl (C=O) groups excluding carboxylic acids is 1. The number of carbonyl (C=O) groups is 2. The molecule has 8 nitrogen and oxygen atoms in total. The Morgan fingerprint density at radius 2 is 2.10 bits per heavy atom. The molecule has 1 aliphatic rings. The van der Waals surface area contributed by atoms with Crippen molar-refractivity contribution in [3.8, 4) is 11.5 Å². The van der Waals surface area contributed by atoms with Gasteiger partial charge in [0.25, 0.3) is 5.91 Å². The van der Waals surface area contributed by atoms with E-state index >= 15 is 0 Å². The van der Waals surface area contributed by atoms with Crippen LogP contribution in [0.1, 0.15) is 15.9 Å². The zero-order valence-electron chi connectivity index (χ0n) is 10.4. The van der Waals surface area contributed by atoms with Gasteiger partial charge in [-0.15, -0.1) is 0 Å². The van der Waals surface area contributed by atoms with Crippen molar-refractivity contribution in [2.75, 3.05) is 6.61 Å². The van der Waals surface area contributed by atoms with Gasteiger partial charge in [0.2, 0.25) is 0 Å². The number of aryl methyl sites for hydroxylation is 1. The van der Waals surface area contributed by atoms with Crippen LogP contribution >= 0.6 is 0 Å². The van der Waals surface area contributed by atoms with E-state index in [2.05, 4.69) is 0 Å². The average Bonchev–Trinajstić information content (AvgIpc) is 2.33. The van der Waals surface area contributed by atoms with Gasteiger partial charge in [0, 0.05) is 0 Å². The Hall–Kier alpha value is -2.26. The monoisotopic (exact) mass is 282 g/mol.